The molecule has 2 unspecified atom stereocenters. The summed E-state index contributed by atoms with van der Waals surface area (Å²) >= 11 is 0. The van der Waals surface area contributed by atoms with Crippen molar-refractivity contribution in [3.63, 3.8) is 0 Å². The standard InChI is InChI=1S/C31H27FN2O4/c1-37-24-15-9-21(10-16-24)29-28(30(35)33-19-20-7-11-22(32)12-8-20)26-5-3-4-6-27(26)31(36)34(29)23-13-17-25(38-2)18-14-23/h3-18,28-29H,19H2,1-2H3,(H,33,35). The monoisotopic (exact) mass is 510 g/mol. The van der Waals surface area contributed by atoms with Crippen molar-refractivity contribution in [3.8, 4) is 11.5 Å². The van der Waals surface area contributed by atoms with E-state index in [1.165, 1.54) is 12.1 Å². The highest BCUT2D eigenvalue weighted by molar-refractivity contribution is 6.11. The van der Waals surface area contributed by atoms with Crippen LogP contribution in [-0.4, -0.2) is 26.0 Å². The second-order valence-electron chi connectivity index (χ2n) is 9.00. The van der Waals surface area contributed by atoms with Crippen molar-refractivity contribution in [2.45, 2.75) is 18.5 Å². The number of benzene rings is 4. The summed E-state index contributed by atoms with van der Waals surface area (Å²) in [4.78, 5) is 29.6. The second-order valence-corrected chi connectivity index (χ2v) is 9.00. The first-order valence-electron chi connectivity index (χ1n) is 12.2. The van der Waals surface area contributed by atoms with E-state index in [1.807, 2.05) is 48.5 Å². The molecule has 6 nitrogen and oxygen atoms in total. The minimum absolute atomic E-state index is 0.200. The van der Waals surface area contributed by atoms with Crippen molar-refractivity contribution >= 4 is 17.5 Å². The molecule has 0 saturated carbocycles. The van der Waals surface area contributed by atoms with Crippen molar-refractivity contribution in [1.29, 1.82) is 0 Å². The van der Waals surface area contributed by atoms with Gasteiger partial charge in [-0.25, -0.2) is 4.39 Å². The number of hydrogen-bond donors (Lipinski definition) is 1. The number of carbonyl (C=O) groups is 2. The Morgan fingerprint density at radius 2 is 1.45 bits per heavy atom. The molecule has 1 N–H and O–H groups in total. The number of carbonyl (C=O) groups excluding carboxylic acids is 2. The highest BCUT2D eigenvalue weighted by Gasteiger charge is 2.44. The van der Waals surface area contributed by atoms with E-state index in [-0.39, 0.29) is 24.2 Å². The summed E-state index contributed by atoms with van der Waals surface area (Å²) in [5.74, 6) is -0.157. The zero-order valence-corrected chi connectivity index (χ0v) is 21.1. The largest absolute Gasteiger partial charge is 0.497 e. The van der Waals surface area contributed by atoms with Crippen LogP contribution in [-0.2, 0) is 11.3 Å². The van der Waals surface area contributed by atoms with Crippen LogP contribution < -0.4 is 19.7 Å². The Labute approximate surface area is 220 Å². The van der Waals surface area contributed by atoms with Gasteiger partial charge in [0.25, 0.3) is 5.91 Å². The van der Waals surface area contributed by atoms with Crippen LogP contribution in [0, 0.1) is 5.82 Å². The van der Waals surface area contributed by atoms with Crippen molar-refractivity contribution in [3.05, 3.63) is 125 Å². The van der Waals surface area contributed by atoms with Crippen LogP contribution in [0.4, 0.5) is 10.1 Å². The van der Waals surface area contributed by atoms with E-state index in [1.54, 1.807) is 55.5 Å². The van der Waals surface area contributed by atoms with Gasteiger partial charge in [0, 0.05) is 17.8 Å². The van der Waals surface area contributed by atoms with Gasteiger partial charge in [-0.2, -0.15) is 0 Å². The first-order valence-corrected chi connectivity index (χ1v) is 12.2. The maximum absolute atomic E-state index is 14.0. The molecule has 0 spiro atoms. The van der Waals surface area contributed by atoms with Crippen molar-refractivity contribution in [2.24, 2.45) is 0 Å². The number of nitrogens with zero attached hydrogens (tertiary/aromatic N) is 1. The average molecular weight is 511 g/mol. The molecular weight excluding hydrogens is 483 g/mol. The van der Waals surface area contributed by atoms with E-state index >= 15 is 0 Å². The van der Waals surface area contributed by atoms with Crippen LogP contribution >= 0.6 is 0 Å². The van der Waals surface area contributed by atoms with Gasteiger partial charge >= 0.3 is 0 Å². The molecule has 7 heteroatoms. The Balaban J connectivity index is 1.61. The van der Waals surface area contributed by atoms with Crippen LogP contribution in [0.15, 0.2) is 97.1 Å². The number of ether oxygens (including phenoxy) is 2. The Morgan fingerprint density at radius 3 is 2.08 bits per heavy atom. The topological polar surface area (TPSA) is 67.9 Å². The quantitative estimate of drug-likeness (QED) is 0.349. The van der Waals surface area contributed by atoms with E-state index in [2.05, 4.69) is 5.32 Å². The maximum Gasteiger partial charge on any atom is 0.259 e. The highest BCUT2D eigenvalue weighted by atomic mass is 19.1. The third-order valence-corrected chi connectivity index (χ3v) is 6.81. The molecule has 4 aromatic rings. The summed E-state index contributed by atoms with van der Waals surface area (Å²) in [6, 6.07) is 27.2. The molecule has 0 saturated heterocycles. The fourth-order valence-electron chi connectivity index (χ4n) is 4.89. The Hall–Kier alpha value is -4.65. The third kappa shape index (κ3) is 4.83. The second kappa shape index (κ2) is 10.8. The smallest absolute Gasteiger partial charge is 0.259 e. The van der Waals surface area contributed by atoms with Gasteiger partial charge in [-0.1, -0.05) is 42.5 Å². The molecule has 1 aliphatic heterocycles. The summed E-state index contributed by atoms with van der Waals surface area (Å²) in [5.41, 5.74) is 3.32. The summed E-state index contributed by atoms with van der Waals surface area (Å²) in [5, 5.41) is 3.01. The fraction of sp³-hybridized carbons (Fsp3) is 0.161. The first kappa shape index (κ1) is 25.0. The molecule has 0 fully saturated rings. The Bertz CT molecular complexity index is 1440. The third-order valence-electron chi connectivity index (χ3n) is 6.81. The lowest BCUT2D eigenvalue weighted by molar-refractivity contribution is -0.123. The van der Waals surface area contributed by atoms with Gasteiger partial charge in [-0.05, 0) is 71.3 Å². The number of amides is 2. The number of anilines is 1. The van der Waals surface area contributed by atoms with Gasteiger partial charge in [0.15, 0.2) is 0 Å². The maximum atomic E-state index is 14.0. The Morgan fingerprint density at radius 1 is 0.842 bits per heavy atom. The molecule has 0 radical (unpaired) electrons. The fourth-order valence-corrected chi connectivity index (χ4v) is 4.89. The predicted octanol–water partition coefficient (Wildman–Crippen LogP) is 5.64. The average Bonchev–Trinajstić information content (AvgIpc) is 2.97. The number of methoxy groups -OCH3 is 2. The molecule has 2 amide bonds. The van der Waals surface area contributed by atoms with E-state index in [4.69, 9.17) is 9.47 Å². The van der Waals surface area contributed by atoms with Crippen LogP contribution in [0.5, 0.6) is 11.5 Å². The zero-order chi connectivity index (χ0) is 26.6. The molecular formula is C31H27FN2O4. The van der Waals surface area contributed by atoms with Gasteiger partial charge in [0.1, 0.15) is 17.3 Å². The van der Waals surface area contributed by atoms with Crippen LogP contribution in [0.25, 0.3) is 0 Å². The van der Waals surface area contributed by atoms with E-state index < -0.39 is 12.0 Å². The summed E-state index contributed by atoms with van der Waals surface area (Å²) in [6.07, 6.45) is 0. The number of rotatable bonds is 7. The highest BCUT2D eigenvalue weighted by Crippen LogP contribution is 2.45. The zero-order valence-electron chi connectivity index (χ0n) is 21.1. The molecule has 5 rings (SSSR count). The predicted molar refractivity (Wildman–Crippen MR) is 143 cm³/mol. The molecule has 192 valence electrons. The number of fused-ring (bicyclic) bond motifs is 1. The molecule has 38 heavy (non-hydrogen) atoms. The SMILES string of the molecule is COc1ccc(C2C(C(=O)NCc3ccc(F)cc3)c3ccccc3C(=O)N2c2ccc(OC)cc2)cc1. The molecule has 0 aliphatic carbocycles. The minimum atomic E-state index is -0.708. The first-order chi connectivity index (χ1) is 18.5. The van der Waals surface area contributed by atoms with Crippen LogP contribution in [0.2, 0.25) is 0 Å². The van der Waals surface area contributed by atoms with Crippen LogP contribution in [0.3, 0.4) is 0 Å². The van der Waals surface area contributed by atoms with E-state index in [0.29, 0.717) is 28.3 Å². The van der Waals surface area contributed by atoms with Crippen molar-refractivity contribution in [1.82, 2.24) is 5.32 Å². The lowest BCUT2D eigenvalue weighted by Gasteiger charge is -2.42. The van der Waals surface area contributed by atoms with Gasteiger partial charge in [0.05, 0.1) is 26.2 Å². The molecule has 0 aromatic heterocycles. The van der Waals surface area contributed by atoms with Gasteiger partial charge in [0.2, 0.25) is 5.91 Å². The van der Waals surface area contributed by atoms with E-state index in [0.717, 1.165) is 11.1 Å². The summed E-state index contributed by atoms with van der Waals surface area (Å²) in [7, 11) is 3.17. The molecule has 4 aromatic carbocycles. The van der Waals surface area contributed by atoms with Crippen molar-refractivity contribution in [2.75, 3.05) is 19.1 Å². The normalized spacial score (nSPS) is 16.5. The summed E-state index contributed by atoms with van der Waals surface area (Å²) in [6.45, 7) is 0.226. The number of nitrogens with one attached hydrogen (secondary N) is 1. The molecule has 2 atom stereocenters. The van der Waals surface area contributed by atoms with Crippen molar-refractivity contribution < 1.29 is 23.5 Å². The van der Waals surface area contributed by atoms with Gasteiger partial charge in [-0.15, -0.1) is 0 Å². The lowest BCUT2D eigenvalue weighted by Crippen LogP contribution is -2.47. The van der Waals surface area contributed by atoms with Gasteiger partial charge in [-0.3, -0.25) is 14.5 Å². The lowest BCUT2D eigenvalue weighted by atomic mass is 9.78. The minimum Gasteiger partial charge on any atom is -0.497 e. The number of hydrogen-bond acceptors (Lipinski definition) is 4. The Kier molecular flexibility index (Phi) is 7.09. The molecule has 0 bridgehead atoms. The van der Waals surface area contributed by atoms with Crippen LogP contribution in [0.1, 0.15) is 39.0 Å². The molecule has 1 aliphatic rings. The molecule has 1 heterocycles. The van der Waals surface area contributed by atoms with E-state index in [9.17, 15) is 14.0 Å². The summed E-state index contributed by atoms with van der Waals surface area (Å²) < 4.78 is 24.0. The number of halogens is 1. The van der Waals surface area contributed by atoms with Gasteiger partial charge < -0.3 is 14.8 Å².